The zero-order valence-corrected chi connectivity index (χ0v) is 22.2. The number of nitrogens with zero attached hydrogens (tertiary/aromatic N) is 4. The molecular formula is C27H27N5O5S. The van der Waals surface area contributed by atoms with E-state index in [2.05, 4.69) is 20.7 Å². The quantitative estimate of drug-likeness (QED) is 0.176. The van der Waals surface area contributed by atoms with E-state index in [1.54, 1.807) is 33.3 Å². The van der Waals surface area contributed by atoms with Gasteiger partial charge in [0.1, 0.15) is 0 Å². The number of thioether (sulfide) groups is 1. The lowest BCUT2D eigenvalue weighted by Crippen LogP contribution is -2.21. The Morgan fingerprint density at radius 1 is 0.947 bits per heavy atom. The summed E-state index contributed by atoms with van der Waals surface area (Å²) in [5, 5.41) is 23.3. The third-order valence-corrected chi connectivity index (χ3v) is 6.50. The molecule has 1 aromatic heterocycles. The van der Waals surface area contributed by atoms with Crippen LogP contribution >= 0.6 is 11.8 Å². The maximum Gasteiger partial charge on any atom is 0.250 e. The Morgan fingerprint density at radius 2 is 1.68 bits per heavy atom. The molecule has 0 fully saturated rings. The van der Waals surface area contributed by atoms with Crippen molar-refractivity contribution in [3.8, 4) is 40.1 Å². The molecule has 0 saturated carbocycles. The number of hydrazone groups is 1. The Labute approximate surface area is 224 Å². The number of phenols is 1. The summed E-state index contributed by atoms with van der Waals surface area (Å²) in [5.74, 6) is 1.87. The molecule has 0 saturated heterocycles. The van der Waals surface area contributed by atoms with E-state index in [9.17, 15) is 9.90 Å². The number of nitrogens with one attached hydrogen (secondary N) is 1. The van der Waals surface area contributed by atoms with Crippen LogP contribution in [0.25, 0.3) is 17.1 Å². The van der Waals surface area contributed by atoms with Crippen LogP contribution < -0.4 is 19.6 Å². The van der Waals surface area contributed by atoms with Crippen molar-refractivity contribution in [1.82, 2.24) is 20.2 Å². The molecule has 0 aliphatic carbocycles. The summed E-state index contributed by atoms with van der Waals surface area (Å²) < 4.78 is 17.8. The number of carbonyl (C=O) groups is 1. The van der Waals surface area contributed by atoms with Gasteiger partial charge >= 0.3 is 0 Å². The number of aromatic nitrogens is 3. The number of methoxy groups -OCH3 is 3. The van der Waals surface area contributed by atoms with E-state index in [0.29, 0.717) is 39.5 Å². The topological polar surface area (TPSA) is 120 Å². The lowest BCUT2D eigenvalue weighted by Gasteiger charge is -2.12. The van der Waals surface area contributed by atoms with E-state index in [1.165, 1.54) is 24.9 Å². The zero-order chi connectivity index (χ0) is 27.1. The molecule has 2 N–H and O–H groups in total. The van der Waals surface area contributed by atoms with Gasteiger partial charge in [0.05, 0.1) is 32.8 Å². The number of hydrogen-bond acceptors (Lipinski definition) is 9. The molecule has 0 atom stereocenters. The van der Waals surface area contributed by atoms with Gasteiger partial charge in [0, 0.05) is 16.8 Å². The third-order valence-electron chi connectivity index (χ3n) is 5.57. The molecular weight excluding hydrogens is 506 g/mol. The second-order valence-electron chi connectivity index (χ2n) is 7.95. The van der Waals surface area contributed by atoms with Crippen molar-refractivity contribution in [3.05, 3.63) is 72.3 Å². The number of carbonyl (C=O) groups excluding carboxylic acids is 1. The monoisotopic (exact) mass is 533 g/mol. The third kappa shape index (κ3) is 5.89. The first kappa shape index (κ1) is 26.6. The van der Waals surface area contributed by atoms with Crippen molar-refractivity contribution < 1.29 is 24.1 Å². The van der Waals surface area contributed by atoms with Crippen molar-refractivity contribution >= 4 is 23.4 Å². The van der Waals surface area contributed by atoms with E-state index in [0.717, 1.165) is 11.3 Å². The number of amides is 1. The van der Waals surface area contributed by atoms with Gasteiger partial charge in [0.15, 0.2) is 34.0 Å². The zero-order valence-electron chi connectivity index (χ0n) is 21.3. The summed E-state index contributed by atoms with van der Waals surface area (Å²) >= 11 is 1.24. The molecule has 1 heterocycles. The SMILES string of the molecule is COc1cc(/C(C)=N\NC(=O)CSc2nnc(-c3ccc(OC)c(OC)c3)n2-c2ccccc2)ccc1O. The van der Waals surface area contributed by atoms with Crippen LogP contribution in [0.5, 0.6) is 23.0 Å². The number of ether oxygens (including phenoxy) is 3. The lowest BCUT2D eigenvalue weighted by molar-refractivity contribution is -0.118. The standard InChI is InChI=1S/C27H27N5O5S/c1-17(18-10-12-21(33)23(14-18)36-3)28-29-25(34)16-38-27-31-30-26(32(27)20-8-6-5-7-9-20)19-11-13-22(35-2)24(15-19)37-4/h5-15,33H,16H2,1-4H3,(H,29,34)/b28-17-. The predicted octanol–water partition coefficient (Wildman–Crippen LogP) is 4.30. The van der Waals surface area contributed by atoms with Crippen molar-refractivity contribution in [3.63, 3.8) is 0 Å². The average molecular weight is 534 g/mol. The Morgan fingerprint density at radius 3 is 2.39 bits per heavy atom. The molecule has 0 unspecified atom stereocenters. The highest BCUT2D eigenvalue weighted by Gasteiger charge is 2.19. The lowest BCUT2D eigenvalue weighted by atomic mass is 10.1. The second-order valence-corrected chi connectivity index (χ2v) is 8.90. The second kappa shape index (κ2) is 12.2. The summed E-state index contributed by atoms with van der Waals surface area (Å²) in [5.41, 5.74) is 5.46. The van der Waals surface area contributed by atoms with Crippen LogP contribution in [-0.4, -0.2) is 58.6 Å². The van der Waals surface area contributed by atoms with Crippen LogP contribution in [0.2, 0.25) is 0 Å². The first-order valence-electron chi connectivity index (χ1n) is 11.5. The van der Waals surface area contributed by atoms with E-state index in [1.807, 2.05) is 53.1 Å². The van der Waals surface area contributed by atoms with E-state index >= 15 is 0 Å². The molecule has 0 aliphatic heterocycles. The summed E-state index contributed by atoms with van der Waals surface area (Å²) in [4.78, 5) is 12.6. The van der Waals surface area contributed by atoms with Crippen molar-refractivity contribution in [1.29, 1.82) is 0 Å². The average Bonchev–Trinajstić information content (AvgIpc) is 3.39. The molecule has 0 spiro atoms. The molecule has 1 amide bonds. The van der Waals surface area contributed by atoms with Crippen LogP contribution in [0, 0.1) is 0 Å². The number of para-hydroxylation sites is 1. The van der Waals surface area contributed by atoms with Gasteiger partial charge in [-0.15, -0.1) is 10.2 Å². The molecule has 4 aromatic rings. The molecule has 11 heteroatoms. The van der Waals surface area contributed by atoms with E-state index in [4.69, 9.17) is 14.2 Å². The number of phenolic OH excluding ortho intramolecular Hbond substituents is 1. The summed E-state index contributed by atoms with van der Waals surface area (Å²) in [6.45, 7) is 1.75. The van der Waals surface area contributed by atoms with Gasteiger partial charge in [-0.05, 0) is 55.5 Å². The maximum absolute atomic E-state index is 12.6. The fourth-order valence-electron chi connectivity index (χ4n) is 3.61. The van der Waals surface area contributed by atoms with Gasteiger partial charge in [0.2, 0.25) is 0 Å². The minimum atomic E-state index is -0.310. The van der Waals surface area contributed by atoms with Gasteiger partial charge in [0.25, 0.3) is 5.91 Å². The van der Waals surface area contributed by atoms with Crippen molar-refractivity contribution in [2.45, 2.75) is 12.1 Å². The molecule has 0 radical (unpaired) electrons. The summed E-state index contributed by atoms with van der Waals surface area (Å²) in [7, 11) is 4.62. The van der Waals surface area contributed by atoms with Crippen molar-refractivity contribution in [2.24, 2.45) is 5.10 Å². The Hall–Kier alpha value is -4.51. The van der Waals surface area contributed by atoms with Crippen LogP contribution in [0.3, 0.4) is 0 Å². The number of hydrogen-bond donors (Lipinski definition) is 2. The maximum atomic E-state index is 12.6. The van der Waals surface area contributed by atoms with Gasteiger partial charge < -0.3 is 19.3 Å². The summed E-state index contributed by atoms with van der Waals surface area (Å²) in [6, 6.07) is 20.0. The Bertz CT molecular complexity index is 1460. The molecule has 0 aliphatic rings. The Kier molecular flexibility index (Phi) is 8.49. The van der Waals surface area contributed by atoms with Crippen LogP contribution in [-0.2, 0) is 4.79 Å². The first-order valence-corrected chi connectivity index (χ1v) is 12.5. The smallest absolute Gasteiger partial charge is 0.250 e. The fraction of sp³-hybridized carbons (Fsp3) is 0.185. The molecule has 0 bridgehead atoms. The number of benzene rings is 3. The van der Waals surface area contributed by atoms with E-state index < -0.39 is 0 Å². The number of aromatic hydroxyl groups is 1. The van der Waals surface area contributed by atoms with Crippen LogP contribution in [0.1, 0.15) is 12.5 Å². The Balaban J connectivity index is 1.54. The molecule has 10 nitrogen and oxygen atoms in total. The largest absolute Gasteiger partial charge is 0.504 e. The minimum Gasteiger partial charge on any atom is -0.504 e. The van der Waals surface area contributed by atoms with Gasteiger partial charge in [-0.25, -0.2) is 5.43 Å². The molecule has 3 aromatic carbocycles. The van der Waals surface area contributed by atoms with Gasteiger partial charge in [-0.2, -0.15) is 5.10 Å². The molecule has 38 heavy (non-hydrogen) atoms. The fourth-order valence-corrected chi connectivity index (χ4v) is 4.36. The predicted molar refractivity (Wildman–Crippen MR) is 146 cm³/mol. The minimum absolute atomic E-state index is 0.0273. The van der Waals surface area contributed by atoms with Gasteiger partial charge in [-0.1, -0.05) is 30.0 Å². The number of rotatable bonds is 10. The highest BCUT2D eigenvalue weighted by molar-refractivity contribution is 7.99. The molecule has 196 valence electrons. The van der Waals surface area contributed by atoms with Gasteiger partial charge in [-0.3, -0.25) is 9.36 Å². The van der Waals surface area contributed by atoms with Crippen LogP contribution in [0.4, 0.5) is 0 Å². The van der Waals surface area contributed by atoms with E-state index in [-0.39, 0.29) is 17.4 Å². The highest BCUT2D eigenvalue weighted by atomic mass is 32.2. The van der Waals surface area contributed by atoms with Crippen LogP contribution in [0.15, 0.2) is 77.0 Å². The summed E-state index contributed by atoms with van der Waals surface area (Å²) in [6.07, 6.45) is 0. The normalized spacial score (nSPS) is 11.2. The highest BCUT2D eigenvalue weighted by Crippen LogP contribution is 2.34. The first-order chi connectivity index (χ1) is 18.4. The molecule has 4 rings (SSSR count). The van der Waals surface area contributed by atoms with Crippen molar-refractivity contribution in [2.75, 3.05) is 27.1 Å².